The van der Waals surface area contributed by atoms with E-state index in [4.69, 9.17) is 0 Å². The molecule has 0 aromatic heterocycles. The maximum Gasteiger partial charge on any atom is 0.463 e. The predicted molar refractivity (Wildman–Crippen MR) is 59.1 cm³/mol. The highest BCUT2D eigenvalue weighted by molar-refractivity contribution is 5.89. The molecule has 20 heavy (non-hydrogen) atoms. The monoisotopic (exact) mass is 305 g/mol. The first-order valence-electron chi connectivity index (χ1n) is 5.89. The zero-order valence-electron chi connectivity index (χ0n) is 11.2. The third kappa shape index (κ3) is 4.93. The highest BCUT2D eigenvalue weighted by atomic mass is 19.4. The molecule has 0 radical (unpaired) electrons. The van der Waals surface area contributed by atoms with Crippen molar-refractivity contribution in [3.05, 3.63) is 0 Å². The molecular weight excluding hydrogens is 289 g/mol. The number of rotatable bonds is 6. The van der Waals surface area contributed by atoms with Gasteiger partial charge in [-0.15, -0.1) is 0 Å². The molecule has 0 saturated carbocycles. The summed E-state index contributed by atoms with van der Waals surface area (Å²) in [5.74, 6) is -9.17. The minimum atomic E-state index is -6.02. The third-order valence-electron chi connectivity index (χ3n) is 2.16. The van der Waals surface area contributed by atoms with Gasteiger partial charge >= 0.3 is 24.0 Å². The normalized spacial score (nSPS) is 14.1. The topological polar surface area (TPSA) is 55.4 Å². The number of amides is 1. The maximum atomic E-state index is 12.8. The van der Waals surface area contributed by atoms with Crippen molar-refractivity contribution in [1.29, 1.82) is 0 Å². The lowest BCUT2D eigenvalue weighted by Crippen LogP contribution is -2.55. The molecule has 0 bridgehead atoms. The Hall–Kier alpha value is -1.41. The molecule has 0 aromatic carbocycles. The minimum Gasteiger partial charge on any atom is -0.461 e. The Balaban J connectivity index is 4.92. The molecule has 0 heterocycles. The van der Waals surface area contributed by atoms with E-state index in [-0.39, 0.29) is 12.8 Å². The zero-order chi connectivity index (χ0) is 16.1. The summed E-state index contributed by atoms with van der Waals surface area (Å²) in [6.45, 7) is 4.53. The van der Waals surface area contributed by atoms with Gasteiger partial charge in [-0.1, -0.05) is 13.3 Å². The lowest BCUT2D eigenvalue weighted by atomic mass is 10.1. The second kappa shape index (κ2) is 6.85. The van der Waals surface area contributed by atoms with Crippen LogP contribution in [0.4, 0.5) is 22.0 Å². The van der Waals surface area contributed by atoms with Crippen LogP contribution < -0.4 is 5.32 Å². The van der Waals surface area contributed by atoms with Crippen LogP contribution in [-0.2, 0) is 14.3 Å². The summed E-state index contributed by atoms with van der Waals surface area (Å²) in [6, 6.07) is -1.54. The number of esters is 1. The molecule has 0 fully saturated rings. The molecule has 1 N–H and O–H groups in total. The van der Waals surface area contributed by atoms with E-state index in [2.05, 4.69) is 4.74 Å². The van der Waals surface area contributed by atoms with Crippen LogP contribution in [0.3, 0.4) is 0 Å². The van der Waals surface area contributed by atoms with Gasteiger partial charge in [0.05, 0.1) is 6.10 Å². The Labute approximate surface area is 112 Å². The van der Waals surface area contributed by atoms with Gasteiger partial charge in [-0.05, 0) is 20.3 Å². The molecule has 9 heteroatoms. The SMILES string of the molecule is CCCC(NC(=O)C(F)(F)C(F)(F)F)C(=O)OC(C)C. The number of nitrogens with one attached hydrogen (secondary N) is 1. The second-order valence-corrected chi connectivity index (χ2v) is 4.37. The molecule has 1 amide bonds. The summed E-state index contributed by atoms with van der Waals surface area (Å²) in [4.78, 5) is 22.5. The Morgan fingerprint density at radius 2 is 1.65 bits per heavy atom. The molecule has 0 aliphatic carbocycles. The molecule has 1 atom stereocenters. The fourth-order valence-corrected chi connectivity index (χ4v) is 1.23. The summed E-state index contributed by atoms with van der Waals surface area (Å²) in [5.41, 5.74) is 0. The Bertz CT molecular complexity index is 354. The van der Waals surface area contributed by atoms with Gasteiger partial charge in [-0.2, -0.15) is 22.0 Å². The summed E-state index contributed by atoms with van der Waals surface area (Å²) in [5, 5.41) is 1.39. The number of hydrogen-bond acceptors (Lipinski definition) is 3. The smallest absolute Gasteiger partial charge is 0.461 e. The molecule has 0 aliphatic heterocycles. The molecule has 118 valence electrons. The summed E-state index contributed by atoms with van der Waals surface area (Å²) in [7, 11) is 0. The molecule has 0 saturated heterocycles. The van der Waals surface area contributed by atoms with Crippen molar-refractivity contribution in [2.45, 2.75) is 57.9 Å². The van der Waals surface area contributed by atoms with Crippen LogP contribution in [0.25, 0.3) is 0 Å². The number of halogens is 5. The van der Waals surface area contributed by atoms with Gasteiger partial charge in [-0.3, -0.25) is 4.79 Å². The minimum absolute atomic E-state index is 0.106. The standard InChI is InChI=1S/C11H16F5NO3/c1-4-5-7(8(18)20-6(2)3)17-9(19)10(12,13)11(14,15)16/h6-7H,4-5H2,1-3H3,(H,17,19). The van der Waals surface area contributed by atoms with Crippen LogP contribution in [0.2, 0.25) is 0 Å². The van der Waals surface area contributed by atoms with Crippen LogP contribution >= 0.6 is 0 Å². The van der Waals surface area contributed by atoms with Crippen molar-refractivity contribution < 1.29 is 36.3 Å². The van der Waals surface area contributed by atoms with E-state index in [1.165, 1.54) is 19.2 Å². The van der Waals surface area contributed by atoms with Gasteiger partial charge in [0, 0.05) is 0 Å². The van der Waals surface area contributed by atoms with Crippen LogP contribution in [0, 0.1) is 0 Å². The first-order chi connectivity index (χ1) is 8.93. The van der Waals surface area contributed by atoms with Gasteiger partial charge in [0.2, 0.25) is 0 Å². The van der Waals surface area contributed by atoms with Gasteiger partial charge < -0.3 is 10.1 Å². The summed E-state index contributed by atoms with van der Waals surface area (Å²) < 4.78 is 66.2. The van der Waals surface area contributed by atoms with Crippen molar-refractivity contribution in [1.82, 2.24) is 5.32 Å². The van der Waals surface area contributed by atoms with Gasteiger partial charge in [0.1, 0.15) is 6.04 Å². The number of carbonyl (C=O) groups excluding carboxylic acids is 2. The fourth-order valence-electron chi connectivity index (χ4n) is 1.23. The largest absolute Gasteiger partial charge is 0.463 e. The second-order valence-electron chi connectivity index (χ2n) is 4.37. The van der Waals surface area contributed by atoms with Gasteiger partial charge in [0.15, 0.2) is 0 Å². The molecule has 4 nitrogen and oxygen atoms in total. The first kappa shape index (κ1) is 18.6. The van der Waals surface area contributed by atoms with Crippen molar-refractivity contribution in [2.75, 3.05) is 0 Å². The predicted octanol–water partition coefficient (Wildman–Crippen LogP) is 2.42. The number of hydrogen-bond donors (Lipinski definition) is 1. The van der Waals surface area contributed by atoms with Crippen molar-refractivity contribution >= 4 is 11.9 Å². The van der Waals surface area contributed by atoms with E-state index in [0.29, 0.717) is 0 Å². The van der Waals surface area contributed by atoms with Crippen molar-refractivity contribution in [3.63, 3.8) is 0 Å². The van der Waals surface area contributed by atoms with Crippen LogP contribution in [0.1, 0.15) is 33.6 Å². The third-order valence-corrected chi connectivity index (χ3v) is 2.16. The quantitative estimate of drug-likeness (QED) is 0.605. The van der Waals surface area contributed by atoms with Crippen LogP contribution in [-0.4, -0.2) is 36.1 Å². The Morgan fingerprint density at radius 3 is 2.00 bits per heavy atom. The lowest BCUT2D eigenvalue weighted by Gasteiger charge is -2.23. The van der Waals surface area contributed by atoms with E-state index in [1.54, 1.807) is 6.92 Å². The molecular formula is C11H16F5NO3. The number of carbonyl (C=O) groups is 2. The van der Waals surface area contributed by atoms with E-state index in [9.17, 15) is 31.5 Å². The highest BCUT2D eigenvalue weighted by Gasteiger charge is 2.63. The summed E-state index contributed by atoms with van der Waals surface area (Å²) in [6.07, 6.45) is -6.42. The van der Waals surface area contributed by atoms with E-state index in [0.717, 1.165) is 0 Å². The van der Waals surface area contributed by atoms with Crippen molar-refractivity contribution in [3.8, 4) is 0 Å². The van der Waals surface area contributed by atoms with E-state index < -0.39 is 36.1 Å². The van der Waals surface area contributed by atoms with Crippen LogP contribution in [0.5, 0.6) is 0 Å². The Kier molecular flexibility index (Phi) is 6.36. The lowest BCUT2D eigenvalue weighted by molar-refractivity contribution is -0.270. The molecule has 0 rings (SSSR count). The van der Waals surface area contributed by atoms with E-state index in [1.807, 2.05) is 0 Å². The first-order valence-corrected chi connectivity index (χ1v) is 5.89. The van der Waals surface area contributed by atoms with Crippen molar-refractivity contribution in [2.24, 2.45) is 0 Å². The summed E-state index contributed by atoms with van der Waals surface area (Å²) >= 11 is 0. The molecule has 1 unspecified atom stereocenters. The Morgan fingerprint density at radius 1 is 1.15 bits per heavy atom. The van der Waals surface area contributed by atoms with Gasteiger partial charge in [-0.25, -0.2) is 4.79 Å². The average molecular weight is 305 g/mol. The average Bonchev–Trinajstić information content (AvgIpc) is 2.25. The number of alkyl halides is 5. The van der Waals surface area contributed by atoms with E-state index >= 15 is 0 Å². The number of ether oxygens (including phenoxy) is 1. The van der Waals surface area contributed by atoms with Gasteiger partial charge in [0.25, 0.3) is 0 Å². The maximum absolute atomic E-state index is 12.8. The van der Waals surface area contributed by atoms with Crippen LogP contribution in [0.15, 0.2) is 0 Å². The fraction of sp³-hybridized carbons (Fsp3) is 0.818. The zero-order valence-corrected chi connectivity index (χ0v) is 11.2. The molecule has 0 spiro atoms. The molecule has 0 aromatic rings. The molecule has 0 aliphatic rings. The highest BCUT2D eigenvalue weighted by Crippen LogP contribution is 2.35.